The molecule has 0 aromatic heterocycles. The second-order valence-electron chi connectivity index (χ2n) is 5.52. The summed E-state index contributed by atoms with van der Waals surface area (Å²) in [5.41, 5.74) is 0. The number of nitrogens with zero attached hydrogens (tertiary/aromatic N) is 2. The van der Waals surface area contributed by atoms with Crippen LogP contribution in [0.15, 0.2) is 12.7 Å². The second-order valence-corrected chi connectivity index (χ2v) is 5.52. The molecule has 5 nitrogen and oxygen atoms in total. The fourth-order valence-corrected chi connectivity index (χ4v) is 2.51. The number of rotatable bonds is 9. The molecule has 1 rings (SSSR count). The summed E-state index contributed by atoms with van der Waals surface area (Å²) in [4.78, 5) is 14.5. The summed E-state index contributed by atoms with van der Waals surface area (Å²) >= 11 is 0. The number of ether oxygens (including phenoxy) is 1. The van der Waals surface area contributed by atoms with E-state index in [4.69, 9.17) is 9.84 Å². The van der Waals surface area contributed by atoms with Gasteiger partial charge in [-0.05, 0) is 38.6 Å². The molecule has 1 fully saturated rings. The van der Waals surface area contributed by atoms with Crippen molar-refractivity contribution in [2.75, 3.05) is 46.4 Å². The van der Waals surface area contributed by atoms with Gasteiger partial charge >= 0.3 is 6.09 Å². The smallest absolute Gasteiger partial charge is 0.407 e. The predicted molar refractivity (Wildman–Crippen MR) is 80.1 cm³/mol. The van der Waals surface area contributed by atoms with Crippen molar-refractivity contribution in [1.29, 1.82) is 0 Å². The first-order valence-corrected chi connectivity index (χ1v) is 7.48. The van der Waals surface area contributed by atoms with Crippen LogP contribution < -0.4 is 0 Å². The molecule has 0 aromatic carbocycles. The van der Waals surface area contributed by atoms with Gasteiger partial charge in [0.25, 0.3) is 0 Å². The highest BCUT2D eigenvalue weighted by atomic mass is 16.5. The molecule has 0 saturated carbocycles. The van der Waals surface area contributed by atoms with Crippen molar-refractivity contribution in [1.82, 2.24) is 9.80 Å². The number of likely N-dealkylation sites (tertiary alicyclic amines) is 1. The molecular weight excluding hydrogens is 256 g/mol. The first-order valence-electron chi connectivity index (χ1n) is 7.48. The topological polar surface area (TPSA) is 53.0 Å². The molecule has 0 atom stereocenters. The fourth-order valence-electron chi connectivity index (χ4n) is 2.51. The molecule has 0 unspecified atom stereocenters. The van der Waals surface area contributed by atoms with Crippen molar-refractivity contribution in [3.8, 4) is 0 Å². The van der Waals surface area contributed by atoms with Crippen molar-refractivity contribution in [2.45, 2.75) is 25.7 Å². The fraction of sp³-hybridized carbons (Fsp3) is 0.800. The molecule has 116 valence electrons. The maximum absolute atomic E-state index is 10.8. The van der Waals surface area contributed by atoms with E-state index in [1.54, 1.807) is 0 Å². The molecule has 1 amide bonds. The summed E-state index contributed by atoms with van der Waals surface area (Å²) in [5, 5.41) is 8.87. The maximum Gasteiger partial charge on any atom is 0.407 e. The molecule has 0 bridgehead atoms. The average Bonchev–Trinajstić information content (AvgIpc) is 2.43. The molecule has 0 aliphatic carbocycles. The summed E-state index contributed by atoms with van der Waals surface area (Å²) in [7, 11) is 2.08. The van der Waals surface area contributed by atoms with E-state index in [9.17, 15) is 4.79 Å². The first-order chi connectivity index (χ1) is 9.63. The molecule has 1 aliphatic heterocycles. The molecule has 0 radical (unpaired) electrons. The zero-order chi connectivity index (χ0) is 14.8. The molecule has 0 aromatic rings. The van der Waals surface area contributed by atoms with Crippen LogP contribution in [-0.2, 0) is 4.74 Å². The number of likely N-dealkylation sites (N-methyl/N-ethyl adjacent to an activating group) is 1. The van der Waals surface area contributed by atoms with Crippen molar-refractivity contribution in [3.63, 3.8) is 0 Å². The summed E-state index contributed by atoms with van der Waals surface area (Å²) in [6.07, 6.45) is 5.15. The van der Waals surface area contributed by atoms with Crippen LogP contribution in [0.5, 0.6) is 0 Å². The van der Waals surface area contributed by atoms with Gasteiger partial charge in [-0.25, -0.2) is 4.79 Å². The number of amides is 1. The minimum Gasteiger partial charge on any atom is -0.465 e. The van der Waals surface area contributed by atoms with Gasteiger partial charge < -0.3 is 19.6 Å². The lowest BCUT2D eigenvalue weighted by Gasteiger charge is -2.29. The van der Waals surface area contributed by atoms with Gasteiger partial charge in [0.05, 0.1) is 0 Å². The molecule has 0 spiro atoms. The monoisotopic (exact) mass is 284 g/mol. The molecule has 1 aliphatic rings. The van der Waals surface area contributed by atoms with Gasteiger partial charge in [0, 0.05) is 39.4 Å². The van der Waals surface area contributed by atoms with E-state index in [0.717, 1.165) is 52.0 Å². The molecule has 1 heterocycles. The summed E-state index contributed by atoms with van der Waals surface area (Å²) in [6, 6.07) is 0. The summed E-state index contributed by atoms with van der Waals surface area (Å²) in [5.74, 6) is 0.619. The highest BCUT2D eigenvalue weighted by Crippen LogP contribution is 2.20. The molecular formula is C15H28N2O3. The van der Waals surface area contributed by atoms with Crippen molar-refractivity contribution >= 4 is 6.09 Å². The Balaban J connectivity index is 1.95. The third kappa shape index (κ3) is 6.91. The van der Waals surface area contributed by atoms with E-state index in [2.05, 4.69) is 18.5 Å². The average molecular weight is 284 g/mol. The van der Waals surface area contributed by atoms with Gasteiger partial charge in [-0.3, -0.25) is 0 Å². The Hall–Kier alpha value is -1.07. The molecule has 1 saturated heterocycles. The van der Waals surface area contributed by atoms with Crippen molar-refractivity contribution in [3.05, 3.63) is 12.7 Å². The largest absolute Gasteiger partial charge is 0.465 e. The lowest BCUT2D eigenvalue weighted by molar-refractivity contribution is 0.0915. The number of hydrogen-bond acceptors (Lipinski definition) is 3. The van der Waals surface area contributed by atoms with E-state index in [1.807, 2.05) is 6.08 Å². The van der Waals surface area contributed by atoms with Crippen LogP contribution in [0, 0.1) is 5.92 Å². The molecule has 1 N–H and O–H groups in total. The minimum absolute atomic E-state index is 0.619. The first kappa shape index (κ1) is 17.0. The van der Waals surface area contributed by atoms with Gasteiger partial charge in [-0.1, -0.05) is 6.08 Å². The van der Waals surface area contributed by atoms with Crippen molar-refractivity contribution in [2.24, 2.45) is 5.92 Å². The van der Waals surface area contributed by atoms with E-state index in [0.29, 0.717) is 19.0 Å². The van der Waals surface area contributed by atoms with Crippen LogP contribution in [0.2, 0.25) is 0 Å². The zero-order valence-electron chi connectivity index (χ0n) is 12.6. The minimum atomic E-state index is -0.789. The standard InChI is InChI=1S/C15H28N2O3/c1-3-8-16(2)9-4-12-20-13-7-14-5-10-17(11-6-14)15(18)19/h3,14H,1,4-13H2,2H3,(H,18,19). The van der Waals surface area contributed by atoms with E-state index in [-0.39, 0.29) is 0 Å². The molecule has 20 heavy (non-hydrogen) atoms. The lowest BCUT2D eigenvalue weighted by Crippen LogP contribution is -2.37. The Morgan fingerprint density at radius 3 is 2.75 bits per heavy atom. The lowest BCUT2D eigenvalue weighted by atomic mass is 9.94. The third-order valence-electron chi connectivity index (χ3n) is 3.82. The van der Waals surface area contributed by atoms with Crippen LogP contribution in [-0.4, -0.2) is 67.4 Å². The van der Waals surface area contributed by atoms with Gasteiger partial charge in [0.2, 0.25) is 0 Å². The molecule has 5 heteroatoms. The predicted octanol–water partition coefficient (Wildman–Crippen LogP) is 2.29. The Labute approximate surface area is 122 Å². The van der Waals surface area contributed by atoms with Crippen LogP contribution >= 0.6 is 0 Å². The van der Waals surface area contributed by atoms with E-state index >= 15 is 0 Å². The van der Waals surface area contributed by atoms with Gasteiger partial charge in [-0.2, -0.15) is 0 Å². The third-order valence-corrected chi connectivity index (χ3v) is 3.82. The summed E-state index contributed by atoms with van der Waals surface area (Å²) < 4.78 is 5.66. The Morgan fingerprint density at radius 1 is 1.45 bits per heavy atom. The Morgan fingerprint density at radius 2 is 2.15 bits per heavy atom. The van der Waals surface area contributed by atoms with Gasteiger partial charge in [0.1, 0.15) is 0 Å². The SMILES string of the molecule is C=CCN(C)CCCOCCC1CCN(C(=O)O)CC1. The highest BCUT2D eigenvalue weighted by molar-refractivity contribution is 5.64. The number of carboxylic acid groups (broad SMARTS) is 1. The Kier molecular flexibility index (Phi) is 8.30. The highest BCUT2D eigenvalue weighted by Gasteiger charge is 2.21. The van der Waals surface area contributed by atoms with Gasteiger partial charge in [0.15, 0.2) is 0 Å². The maximum atomic E-state index is 10.8. The van der Waals surface area contributed by atoms with Crippen LogP contribution in [0.1, 0.15) is 25.7 Å². The quantitative estimate of drug-likeness (QED) is 0.521. The number of carbonyl (C=O) groups is 1. The summed E-state index contributed by atoms with van der Waals surface area (Å²) in [6.45, 7) is 8.60. The Bertz CT molecular complexity index is 289. The van der Waals surface area contributed by atoms with Crippen LogP contribution in [0.3, 0.4) is 0 Å². The number of hydrogen-bond donors (Lipinski definition) is 1. The zero-order valence-corrected chi connectivity index (χ0v) is 12.6. The van der Waals surface area contributed by atoms with E-state index in [1.165, 1.54) is 4.90 Å². The van der Waals surface area contributed by atoms with E-state index < -0.39 is 6.09 Å². The second kappa shape index (κ2) is 9.77. The van der Waals surface area contributed by atoms with Gasteiger partial charge in [-0.15, -0.1) is 6.58 Å². The van der Waals surface area contributed by atoms with Crippen molar-refractivity contribution < 1.29 is 14.6 Å². The van der Waals surface area contributed by atoms with Crippen LogP contribution in [0.25, 0.3) is 0 Å². The van der Waals surface area contributed by atoms with Crippen LogP contribution in [0.4, 0.5) is 4.79 Å². The normalized spacial score (nSPS) is 16.6. The number of piperidine rings is 1.